The van der Waals surface area contributed by atoms with E-state index in [9.17, 15) is 9.59 Å². The number of benzene rings is 1. The molecule has 6 heteroatoms. The van der Waals surface area contributed by atoms with Gasteiger partial charge in [-0.2, -0.15) is 0 Å². The molecule has 2 unspecified atom stereocenters. The fourth-order valence-corrected chi connectivity index (χ4v) is 5.10. The first-order valence-electron chi connectivity index (χ1n) is 10.0. The molecule has 3 fully saturated rings. The van der Waals surface area contributed by atoms with Gasteiger partial charge >= 0.3 is 0 Å². The van der Waals surface area contributed by atoms with Crippen LogP contribution in [0.4, 0.5) is 0 Å². The number of ether oxygens (including phenoxy) is 1. The SMILES string of the molecule is O=C(CN1CC2(CC2)c2cc(Br)ccc2C1=O)NC1CCOC(C2CC2)C1. The van der Waals surface area contributed by atoms with E-state index in [0.717, 1.165) is 47.9 Å². The van der Waals surface area contributed by atoms with Gasteiger partial charge in [-0.1, -0.05) is 15.9 Å². The van der Waals surface area contributed by atoms with Gasteiger partial charge in [-0.05, 0) is 68.2 Å². The van der Waals surface area contributed by atoms with Crippen LogP contribution in [0.15, 0.2) is 22.7 Å². The summed E-state index contributed by atoms with van der Waals surface area (Å²) in [6.45, 7) is 1.53. The Morgan fingerprint density at radius 3 is 2.85 bits per heavy atom. The van der Waals surface area contributed by atoms with Gasteiger partial charge in [-0.15, -0.1) is 0 Å². The van der Waals surface area contributed by atoms with Crippen molar-refractivity contribution in [1.82, 2.24) is 10.2 Å². The Bertz CT molecular complexity index is 788. The van der Waals surface area contributed by atoms with Crippen LogP contribution in [0.1, 0.15) is 54.4 Å². The maximum absolute atomic E-state index is 12.9. The Morgan fingerprint density at radius 1 is 1.30 bits per heavy atom. The summed E-state index contributed by atoms with van der Waals surface area (Å²) in [7, 11) is 0. The zero-order valence-corrected chi connectivity index (χ0v) is 17.0. The largest absolute Gasteiger partial charge is 0.378 e. The Morgan fingerprint density at radius 2 is 2.11 bits per heavy atom. The molecule has 1 spiro atoms. The molecule has 5 nitrogen and oxygen atoms in total. The van der Waals surface area contributed by atoms with Crippen molar-refractivity contribution in [2.24, 2.45) is 5.92 Å². The molecule has 4 aliphatic rings. The molecule has 2 amide bonds. The highest BCUT2D eigenvalue weighted by Crippen LogP contribution is 2.52. The second-order valence-electron chi connectivity index (χ2n) is 8.67. The fraction of sp³-hybridized carbons (Fsp3) is 0.619. The van der Waals surface area contributed by atoms with Crippen molar-refractivity contribution in [3.05, 3.63) is 33.8 Å². The van der Waals surface area contributed by atoms with Gasteiger partial charge in [0.05, 0.1) is 12.6 Å². The Kier molecular flexibility index (Phi) is 4.32. The van der Waals surface area contributed by atoms with Crippen LogP contribution < -0.4 is 5.32 Å². The van der Waals surface area contributed by atoms with E-state index < -0.39 is 0 Å². The lowest BCUT2D eigenvalue weighted by Crippen LogP contribution is -2.50. The minimum atomic E-state index is -0.0406. The van der Waals surface area contributed by atoms with Crippen molar-refractivity contribution in [2.45, 2.75) is 56.1 Å². The lowest BCUT2D eigenvalue weighted by atomic mass is 9.86. The molecular formula is C21H25BrN2O3. The summed E-state index contributed by atoms with van der Waals surface area (Å²) in [5.74, 6) is 0.632. The molecule has 1 aromatic carbocycles. The molecule has 1 aromatic rings. The maximum atomic E-state index is 12.9. The molecule has 0 bridgehead atoms. The number of halogens is 1. The third-order valence-corrected chi connectivity index (χ3v) is 7.07. The number of rotatable bonds is 4. The van der Waals surface area contributed by atoms with Crippen LogP contribution in [-0.2, 0) is 14.9 Å². The van der Waals surface area contributed by atoms with Crippen molar-refractivity contribution in [1.29, 1.82) is 0 Å². The zero-order chi connectivity index (χ0) is 18.6. The zero-order valence-electron chi connectivity index (χ0n) is 15.4. The molecular weight excluding hydrogens is 408 g/mol. The van der Waals surface area contributed by atoms with Gasteiger partial charge in [0, 0.05) is 34.6 Å². The highest BCUT2D eigenvalue weighted by Gasteiger charge is 2.51. The molecule has 2 saturated carbocycles. The molecule has 5 rings (SSSR count). The topological polar surface area (TPSA) is 58.6 Å². The highest BCUT2D eigenvalue weighted by molar-refractivity contribution is 9.10. The van der Waals surface area contributed by atoms with Crippen LogP contribution in [-0.4, -0.2) is 48.6 Å². The summed E-state index contributed by atoms with van der Waals surface area (Å²) in [6, 6.07) is 6.06. The molecule has 2 atom stereocenters. The van der Waals surface area contributed by atoms with E-state index >= 15 is 0 Å². The molecule has 144 valence electrons. The quantitative estimate of drug-likeness (QED) is 0.795. The van der Waals surface area contributed by atoms with Gasteiger partial charge in [-0.3, -0.25) is 9.59 Å². The minimum absolute atomic E-state index is 0.0204. The van der Waals surface area contributed by atoms with Gasteiger partial charge in [0.2, 0.25) is 5.91 Å². The van der Waals surface area contributed by atoms with Crippen LogP contribution in [0.5, 0.6) is 0 Å². The maximum Gasteiger partial charge on any atom is 0.254 e. The van der Waals surface area contributed by atoms with Gasteiger partial charge < -0.3 is 15.0 Å². The van der Waals surface area contributed by atoms with Gasteiger partial charge in [-0.25, -0.2) is 0 Å². The van der Waals surface area contributed by atoms with E-state index in [-0.39, 0.29) is 29.8 Å². The van der Waals surface area contributed by atoms with Crippen molar-refractivity contribution in [2.75, 3.05) is 19.7 Å². The first-order valence-corrected chi connectivity index (χ1v) is 10.8. The van der Waals surface area contributed by atoms with E-state index in [1.165, 1.54) is 12.8 Å². The van der Waals surface area contributed by atoms with Crippen molar-refractivity contribution < 1.29 is 14.3 Å². The molecule has 2 aliphatic carbocycles. The lowest BCUT2D eigenvalue weighted by molar-refractivity contribution is -0.123. The summed E-state index contributed by atoms with van der Waals surface area (Å²) in [4.78, 5) is 27.3. The first-order chi connectivity index (χ1) is 13.0. The third-order valence-electron chi connectivity index (χ3n) is 6.58. The molecule has 1 saturated heterocycles. The van der Waals surface area contributed by atoms with E-state index in [2.05, 4.69) is 27.3 Å². The van der Waals surface area contributed by atoms with E-state index in [0.29, 0.717) is 18.6 Å². The predicted molar refractivity (Wildman–Crippen MR) is 105 cm³/mol. The Balaban J connectivity index is 1.25. The average Bonchev–Trinajstić information content (AvgIpc) is 3.55. The van der Waals surface area contributed by atoms with Gasteiger partial charge in [0.1, 0.15) is 0 Å². The summed E-state index contributed by atoms with van der Waals surface area (Å²) in [6.07, 6.45) is 6.77. The second-order valence-corrected chi connectivity index (χ2v) is 9.58. The summed E-state index contributed by atoms with van der Waals surface area (Å²) < 4.78 is 6.86. The summed E-state index contributed by atoms with van der Waals surface area (Å²) in [5, 5.41) is 3.16. The Hall–Kier alpha value is -1.40. The lowest BCUT2D eigenvalue weighted by Gasteiger charge is -2.35. The molecule has 27 heavy (non-hydrogen) atoms. The molecule has 1 N–H and O–H groups in total. The number of amides is 2. The number of nitrogens with zero attached hydrogens (tertiary/aromatic N) is 1. The monoisotopic (exact) mass is 432 g/mol. The summed E-state index contributed by atoms with van der Waals surface area (Å²) >= 11 is 3.52. The van der Waals surface area contributed by atoms with Crippen molar-refractivity contribution in [3.8, 4) is 0 Å². The van der Waals surface area contributed by atoms with E-state index in [4.69, 9.17) is 4.74 Å². The minimum Gasteiger partial charge on any atom is -0.378 e. The fourth-order valence-electron chi connectivity index (χ4n) is 4.74. The third kappa shape index (κ3) is 3.42. The normalized spacial score (nSPS) is 28.8. The Labute approximate surface area is 167 Å². The van der Waals surface area contributed by atoms with Crippen LogP contribution >= 0.6 is 15.9 Å². The molecule has 0 aromatic heterocycles. The van der Waals surface area contributed by atoms with Gasteiger partial charge in [0.15, 0.2) is 0 Å². The molecule has 0 radical (unpaired) electrons. The van der Waals surface area contributed by atoms with Crippen molar-refractivity contribution >= 4 is 27.7 Å². The number of hydrogen-bond donors (Lipinski definition) is 1. The predicted octanol–water partition coefficient (Wildman–Crippen LogP) is 3.01. The van der Waals surface area contributed by atoms with Crippen LogP contribution in [0.25, 0.3) is 0 Å². The number of fused-ring (bicyclic) bond motifs is 2. The summed E-state index contributed by atoms with van der Waals surface area (Å²) in [5.41, 5.74) is 1.97. The van der Waals surface area contributed by atoms with Crippen molar-refractivity contribution in [3.63, 3.8) is 0 Å². The van der Waals surface area contributed by atoms with Crippen LogP contribution in [0.2, 0.25) is 0 Å². The van der Waals surface area contributed by atoms with E-state index in [1.807, 2.05) is 12.1 Å². The average molecular weight is 433 g/mol. The standard InChI is InChI=1S/C21H25BrN2O3/c22-14-3-4-16-17(9-14)21(6-7-21)12-24(20(16)26)11-19(25)23-15-5-8-27-18(10-15)13-1-2-13/h3-4,9,13,15,18H,1-2,5-8,10-12H2,(H,23,25). The number of carbonyl (C=O) groups excluding carboxylic acids is 2. The van der Waals surface area contributed by atoms with E-state index in [1.54, 1.807) is 4.90 Å². The van der Waals surface area contributed by atoms with Gasteiger partial charge in [0.25, 0.3) is 5.91 Å². The van der Waals surface area contributed by atoms with Crippen LogP contribution in [0.3, 0.4) is 0 Å². The first kappa shape index (κ1) is 17.7. The number of nitrogens with one attached hydrogen (secondary N) is 1. The second kappa shape index (κ2) is 6.59. The molecule has 2 heterocycles. The smallest absolute Gasteiger partial charge is 0.254 e. The number of hydrogen-bond acceptors (Lipinski definition) is 3. The highest BCUT2D eigenvalue weighted by atomic mass is 79.9. The number of carbonyl (C=O) groups is 2. The van der Waals surface area contributed by atoms with Crippen LogP contribution in [0, 0.1) is 5.92 Å². The molecule has 2 aliphatic heterocycles.